The van der Waals surface area contributed by atoms with Gasteiger partial charge in [-0.1, -0.05) is 24.3 Å². The molecule has 2 amide bonds. The molecule has 1 aliphatic carbocycles. The Bertz CT molecular complexity index is 771. The van der Waals surface area contributed by atoms with Crippen molar-refractivity contribution in [2.75, 3.05) is 19.4 Å². The van der Waals surface area contributed by atoms with E-state index in [1.807, 2.05) is 18.2 Å². The summed E-state index contributed by atoms with van der Waals surface area (Å²) in [5.74, 6) is 0.0701. The fourth-order valence-electron chi connectivity index (χ4n) is 3.13. The van der Waals surface area contributed by atoms with Crippen molar-refractivity contribution in [2.24, 2.45) is 0 Å². The zero-order valence-corrected chi connectivity index (χ0v) is 14.0. The van der Waals surface area contributed by atoms with Crippen molar-refractivity contribution in [3.63, 3.8) is 0 Å². The van der Waals surface area contributed by atoms with Gasteiger partial charge in [-0.3, -0.25) is 9.59 Å². The Labute approximate surface area is 141 Å². The van der Waals surface area contributed by atoms with Crippen LogP contribution >= 0.6 is 0 Å². The fraction of sp³-hybridized carbons (Fsp3) is 0.316. The Morgan fingerprint density at radius 2 is 2.00 bits per heavy atom. The van der Waals surface area contributed by atoms with Crippen LogP contribution in [0.4, 0.5) is 5.82 Å². The van der Waals surface area contributed by atoms with Gasteiger partial charge in [0.1, 0.15) is 5.82 Å². The summed E-state index contributed by atoms with van der Waals surface area (Å²) < 4.78 is 0. The van der Waals surface area contributed by atoms with E-state index in [4.69, 9.17) is 0 Å². The van der Waals surface area contributed by atoms with Gasteiger partial charge in [-0.15, -0.1) is 0 Å². The van der Waals surface area contributed by atoms with Crippen molar-refractivity contribution in [2.45, 2.75) is 25.2 Å². The van der Waals surface area contributed by atoms with Crippen LogP contribution in [0.2, 0.25) is 0 Å². The minimum absolute atomic E-state index is 0.0656. The standard InChI is InChI=1S/C19H21N3O2/c1-22(2)19(24)14-10-11-20-17(12-14)21-18(23)16-9-5-7-13-6-3-4-8-15(13)16/h3-4,6,8,10-12,16H,5,7,9H2,1-2H3,(H,20,21,23). The van der Waals surface area contributed by atoms with Gasteiger partial charge in [0.25, 0.3) is 5.91 Å². The van der Waals surface area contributed by atoms with Gasteiger partial charge < -0.3 is 10.2 Å². The Hall–Kier alpha value is -2.69. The van der Waals surface area contributed by atoms with Gasteiger partial charge >= 0.3 is 0 Å². The van der Waals surface area contributed by atoms with E-state index in [1.54, 1.807) is 32.4 Å². The summed E-state index contributed by atoms with van der Waals surface area (Å²) in [5, 5.41) is 2.87. The van der Waals surface area contributed by atoms with Gasteiger partial charge in [0.2, 0.25) is 5.91 Å². The van der Waals surface area contributed by atoms with Crippen molar-refractivity contribution in [1.82, 2.24) is 9.88 Å². The average Bonchev–Trinajstić information content (AvgIpc) is 2.60. The molecule has 5 heteroatoms. The number of hydrogen-bond acceptors (Lipinski definition) is 3. The fourth-order valence-corrected chi connectivity index (χ4v) is 3.13. The molecular formula is C19H21N3O2. The lowest BCUT2D eigenvalue weighted by molar-refractivity contribution is -0.117. The van der Waals surface area contributed by atoms with Gasteiger partial charge in [-0.05, 0) is 42.5 Å². The molecule has 1 unspecified atom stereocenters. The molecule has 0 aliphatic heterocycles. The van der Waals surface area contributed by atoms with Gasteiger partial charge in [0, 0.05) is 25.9 Å². The molecule has 1 aromatic heterocycles. The summed E-state index contributed by atoms with van der Waals surface area (Å²) in [6.45, 7) is 0. The maximum absolute atomic E-state index is 12.7. The van der Waals surface area contributed by atoms with E-state index in [0.29, 0.717) is 11.4 Å². The molecule has 5 nitrogen and oxygen atoms in total. The summed E-state index contributed by atoms with van der Waals surface area (Å²) in [5.41, 5.74) is 2.85. The first-order valence-corrected chi connectivity index (χ1v) is 8.12. The number of amides is 2. The van der Waals surface area contributed by atoms with Gasteiger partial charge in [-0.2, -0.15) is 0 Å². The van der Waals surface area contributed by atoms with E-state index in [0.717, 1.165) is 24.8 Å². The molecular weight excluding hydrogens is 302 g/mol. The zero-order valence-electron chi connectivity index (χ0n) is 14.0. The molecule has 0 spiro atoms. The van der Waals surface area contributed by atoms with Crippen LogP contribution < -0.4 is 5.32 Å². The highest BCUT2D eigenvalue weighted by Crippen LogP contribution is 2.32. The van der Waals surface area contributed by atoms with Crippen molar-refractivity contribution in [3.8, 4) is 0 Å². The summed E-state index contributed by atoms with van der Waals surface area (Å²) in [7, 11) is 3.39. The molecule has 124 valence electrons. The van der Waals surface area contributed by atoms with Crippen molar-refractivity contribution in [1.29, 1.82) is 0 Å². The van der Waals surface area contributed by atoms with Gasteiger partial charge in [0.05, 0.1) is 5.92 Å². The molecule has 1 aliphatic rings. The quantitative estimate of drug-likeness (QED) is 0.945. The topological polar surface area (TPSA) is 62.3 Å². The molecule has 0 saturated heterocycles. The monoisotopic (exact) mass is 323 g/mol. The minimum atomic E-state index is -0.162. The van der Waals surface area contributed by atoms with Crippen molar-refractivity contribution >= 4 is 17.6 Å². The van der Waals surface area contributed by atoms with Crippen LogP contribution in [-0.4, -0.2) is 35.8 Å². The normalized spacial score (nSPS) is 16.2. The molecule has 24 heavy (non-hydrogen) atoms. The molecule has 1 aromatic carbocycles. The van der Waals surface area contributed by atoms with E-state index in [2.05, 4.69) is 16.4 Å². The van der Waals surface area contributed by atoms with Gasteiger partial charge in [0.15, 0.2) is 0 Å². The maximum Gasteiger partial charge on any atom is 0.253 e. The van der Waals surface area contributed by atoms with Crippen LogP contribution in [0, 0.1) is 0 Å². The number of anilines is 1. The number of aromatic nitrogens is 1. The number of rotatable bonds is 3. The molecule has 1 atom stereocenters. The predicted octanol–water partition coefficient (Wildman–Crippen LogP) is 2.84. The summed E-state index contributed by atoms with van der Waals surface area (Å²) in [4.78, 5) is 30.4. The molecule has 3 rings (SSSR count). The van der Waals surface area contributed by atoms with Crippen LogP contribution in [0.3, 0.4) is 0 Å². The summed E-state index contributed by atoms with van der Waals surface area (Å²) in [6.07, 6.45) is 4.40. The number of hydrogen-bond donors (Lipinski definition) is 1. The van der Waals surface area contributed by atoms with Crippen molar-refractivity contribution < 1.29 is 9.59 Å². The molecule has 2 aromatic rings. The lowest BCUT2D eigenvalue weighted by atomic mass is 9.82. The lowest BCUT2D eigenvalue weighted by Gasteiger charge is -2.24. The van der Waals surface area contributed by atoms with E-state index < -0.39 is 0 Å². The van der Waals surface area contributed by atoms with Crippen molar-refractivity contribution in [3.05, 3.63) is 59.3 Å². The molecule has 0 saturated carbocycles. The molecule has 0 radical (unpaired) electrons. The number of nitrogens with one attached hydrogen (secondary N) is 1. The third-order valence-electron chi connectivity index (χ3n) is 4.35. The zero-order chi connectivity index (χ0) is 17.1. The highest BCUT2D eigenvalue weighted by atomic mass is 16.2. The number of carbonyl (C=O) groups is 2. The average molecular weight is 323 g/mol. The maximum atomic E-state index is 12.7. The first kappa shape index (κ1) is 16.2. The third kappa shape index (κ3) is 3.30. The number of fused-ring (bicyclic) bond motifs is 1. The Kier molecular flexibility index (Phi) is 4.60. The number of carbonyl (C=O) groups excluding carboxylic acids is 2. The number of aryl methyl sites for hydroxylation is 1. The highest BCUT2D eigenvalue weighted by molar-refractivity contribution is 5.98. The van der Waals surface area contributed by atoms with Gasteiger partial charge in [-0.25, -0.2) is 4.98 Å². The minimum Gasteiger partial charge on any atom is -0.345 e. The molecule has 0 fully saturated rings. The first-order chi connectivity index (χ1) is 11.6. The predicted molar refractivity (Wildman–Crippen MR) is 93.0 cm³/mol. The second-order valence-corrected chi connectivity index (χ2v) is 6.26. The largest absolute Gasteiger partial charge is 0.345 e. The van der Waals surface area contributed by atoms with Crippen LogP contribution in [0.1, 0.15) is 40.2 Å². The van der Waals surface area contributed by atoms with Crippen LogP contribution in [-0.2, 0) is 11.2 Å². The number of benzene rings is 1. The van der Waals surface area contributed by atoms with Crippen LogP contribution in [0.25, 0.3) is 0 Å². The number of nitrogens with zero attached hydrogens (tertiary/aromatic N) is 2. The Balaban J connectivity index is 1.79. The lowest BCUT2D eigenvalue weighted by Crippen LogP contribution is -2.26. The summed E-state index contributed by atoms with van der Waals surface area (Å²) >= 11 is 0. The van der Waals surface area contributed by atoms with E-state index in [9.17, 15) is 9.59 Å². The first-order valence-electron chi connectivity index (χ1n) is 8.12. The third-order valence-corrected chi connectivity index (χ3v) is 4.35. The summed E-state index contributed by atoms with van der Waals surface area (Å²) in [6, 6.07) is 11.4. The van der Waals surface area contributed by atoms with E-state index in [1.165, 1.54) is 10.5 Å². The molecule has 0 bridgehead atoms. The highest BCUT2D eigenvalue weighted by Gasteiger charge is 2.26. The Morgan fingerprint density at radius 3 is 2.79 bits per heavy atom. The SMILES string of the molecule is CN(C)C(=O)c1ccnc(NC(=O)C2CCCc3ccccc32)c1. The van der Waals surface area contributed by atoms with Crippen LogP contribution in [0.15, 0.2) is 42.6 Å². The number of pyridine rings is 1. The smallest absolute Gasteiger partial charge is 0.253 e. The van der Waals surface area contributed by atoms with E-state index >= 15 is 0 Å². The molecule has 1 heterocycles. The van der Waals surface area contributed by atoms with E-state index in [-0.39, 0.29) is 17.7 Å². The Morgan fingerprint density at radius 1 is 1.21 bits per heavy atom. The molecule has 1 N–H and O–H groups in total. The second-order valence-electron chi connectivity index (χ2n) is 6.26. The second kappa shape index (κ2) is 6.83. The van der Waals surface area contributed by atoms with Crippen LogP contribution in [0.5, 0.6) is 0 Å².